The van der Waals surface area contributed by atoms with E-state index in [0.29, 0.717) is 11.6 Å². The molecule has 3 heterocycles. The van der Waals surface area contributed by atoms with Gasteiger partial charge >= 0.3 is 0 Å². The highest BCUT2D eigenvalue weighted by Gasteiger charge is 2.25. The Bertz CT molecular complexity index is 606. The van der Waals surface area contributed by atoms with Crippen LogP contribution in [0.25, 0.3) is 10.9 Å². The summed E-state index contributed by atoms with van der Waals surface area (Å²) < 4.78 is 0. The molecule has 2 aromatic rings. The van der Waals surface area contributed by atoms with E-state index >= 15 is 0 Å². The molecule has 1 aliphatic rings. The van der Waals surface area contributed by atoms with Crippen molar-refractivity contribution in [2.45, 2.75) is 32.2 Å². The predicted octanol–water partition coefficient (Wildman–Crippen LogP) is 2.64. The molecule has 4 nitrogen and oxygen atoms in total. The summed E-state index contributed by atoms with van der Waals surface area (Å²) in [4.78, 5) is 23.1. The zero-order valence-corrected chi connectivity index (χ0v) is 11.0. The Balaban J connectivity index is 2.01. The van der Waals surface area contributed by atoms with Crippen LogP contribution in [-0.2, 0) is 0 Å². The van der Waals surface area contributed by atoms with Gasteiger partial charge in [-0.3, -0.25) is 14.8 Å². The van der Waals surface area contributed by atoms with Crippen molar-refractivity contribution >= 4 is 16.8 Å². The van der Waals surface area contributed by atoms with Crippen molar-refractivity contribution in [1.29, 1.82) is 0 Å². The van der Waals surface area contributed by atoms with Crippen LogP contribution < -0.4 is 0 Å². The lowest BCUT2D eigenvalue weighted by Gasteiger charge is -2.33. The molecular formula is C15H17N3O. The minimum absolute atomic E-state index is 0.0593. The molecule has 0 saturated carbocycles. The molecule has 1 atom stereocenters. The van der Waals surface area contributed by atoms with Crippen LogP contribution in [0.4, 0.5) is 0 Å². The lowest BCUT2D eigenvalue weighted by atomic mass is 10.0. The molecule has 0 bridgehead atoms. The highest BCUT2D eigenvalue weighted by molar-refractivity contribution is 6.05. The van der Waals surface area contributed by atoms with Gasteiger partial charge in [0.1, 0.15) is 0 Å². The normalized spacial score (nSPS) is 19.6. The van der Waals surface area contributed by atoms with Crippen LogP contribution in [0.15, 0.2) is 30.7 Å². The van der Waals surface area contributed by atoms with Crippen LogP contribution in [-0.4, -0.2) is 33.4 Å². The highest BCUT2D eigenvalue weighted by Crippen LogP contribution is 2.22. The Kier molecular flexibility index (Phi) is 3.15. The van der Waals surface area contributed by atoms with Gasteiger partial charge in [-0.05, 0) is 38.3 Å². The molecule has 1 amide bonds. The Labute approximate surface area is 112 Å². The summed E-state index contributed by atoms with van der Waals surface area (Å²) in [5.74, 6) is 0.0593. The van der Waals surface area contributed by atoms with E-state index < -0.39 is 0 Å². The number of aromatic nitrogens is 2. The molecule has 0 N–H and O–H groups in total. The van der Waals surface area contributed by atoms with Crippen LogP contribution in [0.5, 0.6) is 0 Å². The maximum Gasteiger partial charge on any atom is 0.257 e. The van der Waals surface area contributed by atoms with Crippen molar-refractivity contribution in [3.8, 4) is 0 Å². The van der Waals surface area contributed by atoms with E-state index in [2.05, 4.69) is 16.9 Å². The number of nitrogens with zero attached hydrogens (tertiary/aromatic N) is 3. The number of carbonyl (C=O) groups is 1. The summed E-state index contributed by atoms with van der Waals surface area (Å²) in [6, 6.07) is 4.10. The highest BCUT2D eigenvalue weighted by atomic mass is 16.2. The molecule has 1 fully saturated rings. The van der Waals surface area contributed by atoms with Crippen molar-refractivity contribution in [3.63, 3.8) is 0 Å². The molecule has 19 heavy (non-hydrogen) atoms. The Morgan fingerprint density at radius 2 is 2.26 bits per heavy atom. The van der Waals surface area contributed by atoms with Crippen molar-refractivity contribution in [2.24, 2.45) is 0 Å². The summed E-state index contributed by atoms with van der Waals surface area (Å²) in [5.41, 5.74) is 1.37. The first kappa shape index (κ1) is 12.1. The van der Waals surface area contributed by atoms with Crippen molar-refractivity contribution < 1.29 is 4.79 Å². The summed E-state index contributed by atoms with van der Waals surface area (Å²) in [6.07, 6.45) is 8.48. The van der Waals surface area contributed by atoms with E-state index in [1.165, 1.54) is 6.42 Å². The number of pyridine rings is 2. The van der Waals surface area contributed by atoms with Crippen molar-refractivity contribution in [2.75, 3.05) is 6.54 Å². The van der Waals surface area contributed by atoms with Gasteiger partial charge in [-0.1, -0.05) is 0 Å². The molecule has 2 aromatic heterocycles. The van der Waals surface area contributed by atoms with Gasteiger partial charge in [-0.2, -0.15) is 0 Å². The number of piperidine rings is 1. The number of fused-ring (bicyclic) bond motifs is 1. The number of hydrogen-bond acceptors (Lipinski definition) is 3. The molecule has 0 aromatic carbocycles. The monoisotopic (exact) mass is 255 g/mol. The largest absolute Gasteiger partial charge is 0.336 e. The number of amides is 1. The lowest BCUT2D eigenvalue weighted by Crippen LogP contribution is -2.42. The second-order valence-electron chi connectivity index (χ2n) is 5.11. The fourth-order valence-electron chi connectivity index (χ4n) is 2.71. The van der Waals surface area contributed by atoms with E-state index in [1.807, 2.05) is 17.0 Å². The van der Waals surface area contributed by atoms with Crippen LogP contribution in [0.1, 0.15) is 36.5 Å². The van der Waals surface area contributed by atoms with Crippen LogP contribution in [0, 0.1) is 0 Å². The standard InChI is InChI=1S/C15H17N3O/c1-11-5-2-3-8-18(11)15(19)13-10-16-9-12-6-4-7-17-14(12)13/h4,6-7,9-11H,2-3,5,8H2,1H3. The first-order valence-corrected chi connectivity index (χ1v) is 6.77. The molecule has 4 heteroatoms. The average Bonchev–Trinajstić information content (AvgIpc) is 2.46. The third-order valence-electron chi connectivity index (χ3n) is 3.81. The zero-order valence-electron chi connectivity index (χ0n) is 11.0. The second kappa shape index (κ2) is 4.96. The molecule has 98 valence electrons. The van der Waals surface area contributed by atoms with E-state index in [0.717, 1.165) is 30.3 Å². The molecule has 0 aliphatic carbocycles. The van der Waals surface area contributed by atoms with Gasteiger partial charge < -0.3 is 4.90 Å². The quantitative estimate of drug-likeness (QED) is 0.787. The first-order valence-electron chi connectivity index (χ1n) is 6.77. The second-order valence-corrected chi connectivity index (χ2v) is 5.11. The third-order valence-corrected chi connectivity index (χ3v) is 3.81. The summed E-state index contributed by atoms with van der Waals surface area (Å²) in [7, 11) is 0. The van der Waals surface area contributed by atoms with Gasteiger partial charge in [-0.15, -0.1) is 0 Å². The van der Waals surface area contributed by atoms with Crippen LogP contribution in [0.3, 0.4) is 0 Å². The van der Waals surface area contributed by atoms with E-state index in [4.69, 9.17) is 0 Å². The van der Waals surface area contributed by atoms with Gasteiger partial charge in [0.15, 0.2) is 0 Å². The van der Waals surface area contributed by atoms with E-state index in [-0.39, 0.29) is 5.91 Å². The summed E-state index contributed by atoms with van der Waals surface area (Å²) in [5, 5.41) is 0.915. The van der Waals surface area contributed by atoms with E-state index in [1.54, 1.807) is 18.6 Å². The topological polar surface area (TPSA) is 46.1 Å². The fraction of sp³-hybridized carbons (Fsp3) is 0.400. The van der Waals surface area contributed by atoms with Crippen LogP contribution in [0.2, 0.25) is 0 Å². The van der Waals surface area contributed by atoms with E-state index in [9.17, 15) is 4.79 Å². The smallest absolute Gasteiger partial charge is 0.257 e. The molecule has 0 spiro atoms. The zero-order chi connectivity index (χ0) is 13.2. The van der Waals surface area contributed by atoms with Gasteiger partial charge in [0.25, 0.3) is 5.91 Å². The molecular weight excluding hydrogens is 238 g/mol. The maximum atomic E-state index is 12.7. The maximum absolute atomic E-state index is 12.7. The predicted molar refractivity (Wildman–Crippen MR) is 73.9 cm³/mol. The van der Waals surface area contributed by atoms with Gasteiger partial charge in [0.2, 0.25) is 0 Å². The summed E-state index contributed by atoms with van der Waals surface area (Å²) >= 11 is 0. The molecule has 3 rings (SSSR count). The minimum atomic E-state index is 0.0593. The third kappa shape index (κ3) is 2.18. The van der Waals surface area contributed by atoms with Crippen molar-refractivity contribution in [1.82, 2.24) is 14.9 Å². The number of hydrogen-bond donors (Lipinski definition) is 0. The molecule has 0 radical (unpaired) electrons. The molecule has 1 saturated heterocycles. The number of rotatable bonds is 1. The SMILES string of the molecule is CC1CCCCN1C(=O)c1cncc2cccnc12. The Morgan fingerprint density at radius 3 is 3.11 bits per heavy atom. The Hall–Kier alpha value is -1.97. The molecule has 1 aliphatic heterocycles. The molecule has 1 unspecified atom stereocenters. The van der Waals surface area contributed by atoms with Gasteiger partial charge in [0, 0.05) is 36.6 Å². The lowest BCUT2D eigenvalue weighted by molar-refractivity contribution is 0.0637. The van der Waals surface area contributed by atoms with Gasteiger partial charge in [0.05, 0.1) is 11.1 Å². The number of likely N-dealkylation sites (tertiary alicyclic amines) is 1. The Morgan fingerprint density at radius 1 is 1.37 bits per heavy atom. The van der Waals surface area contributed by atoms with Crippen molar-refractivity contribution in [3.05, 3.63) is 36.3 Å². The summed E-state index contributed by atoms with van der Waals surface area (Å²) in [6.45, 7) is 2.95. The van der Waals surface area contributed by atoms with Gasteiger partial charge in [-0.25, -0.2) is 0 Å². The average molecular weight is 255 g/mol. The minimum Gasteiger partial charge on any atom is -0.336 e. The number of carbonyl (C=O) groups excluding carboxylic acids is 1. The van der Waals surface area contributed by atoms with Crippen LogP contribution >= 0.6 is 0 Å². The fourth-order valence-corrected chi connectivity index (χ4v) is 2.71. The first-order chi connectivity index (χ1) is 9.27.